The van der Waals surface area contributed by atoms with Crippen LogP contribution in [0.1, 0.15) is 272 Å². The first kappa shape index (κ1) is 92.8. The van der Waals surface area contributed by atoms with Gasteiger partial charge in [-0.05, 0) is 153 Å². The molecule has 16 heteroatoms. The number of phenolic OH excluding ortho intramolecular Hbond substituents is 2. The van der Waals surface area contributed by atoms with Crippen molar-refractivity contribution in [3.05, 3.63) is 155 Å². The summed E-state index contributed by atoms with van der Waals surface area (Å²) < 4.78 is 52.2. The zero-order chi connectivity index (χ0) is 86.5. The van der Waals surface area contributed by atoms with Gasteiger partial charge in [-0.15, -0.1) is 0 Å². The number of nitrogens with zero attached hydrogens (tertiary/aromatic N) is 2. The number of unbranched alkanes of at least 4 members (excludes halogenated alkanes) is 5. The summed E-state index contributed by atoms with van der Waals surface area (Å²) in [6, 6.07) is 47.6. The van der Waals surface area contributed by atoms with Crippen LogP contribution >= 0.6 is 0 Å². The molecule has 2 heterocycles. The third-order valence-corrected chi connectivity index (χ3v) is 45.4. The molecule has 0 aliphatic rings. The molecule has 117 heavy (non-hydrogen) atoms. The maximum absolute atomic E-state index is 16.8. The lowest BCUT2D eigenvalue weighted by Gasteiger charge is -2.51. The predicted molar refractivity (Wildman–Crippen MR) is 517 cm³/mol. The topological polar surface area (TPSA) is 68.8 Å². The van der Waals surface area contributed by atoms with E-state index in [1.165, 1.54) is 72.0 Å². The van der Waals surface area contributed by atoms with Crippen molar-refractivity contribution in [1.29, 1.82) is 0 Å². The van der Waals surface area contributed by atoms with Crippen LogP contribution in [-0.2, 0) is 10.8 Å². The van der Waals surface area contributed by atoms with E-state index >= 15 is 8.78 Å². The van der Waals surface area contributed by atoms with Crippen molar-refractivity contribution >= 4 is 126 Å². The van der Waals surface area contributed by atoms with E-state index in [4.69, 9.17) is 39.2 Å². The van der Waals surface area contributed by atoms with Crippen molar-refractivity contribution in [3.63, 3.8) is 0 Å². The van der Waals surface area contributed by atoms with E-state index in [2.05, 4.69) is 272 Å². The lowest BCUT2D eigenvalue weighted by molar-refractivity contribution is 0.246. The van der Waals surface area contributed by atoms with E-state index in [0.29, 0.717) is 62.7 Å². The number of fused-ring (bicyclic) bond motifs is 6. The Morgan fingerprint density at radius 3 is 1.04 bits per heavy atom. The quantitative estimate of drug-likeness (QED) is 0.0318. The number of phenols is 2. The first-order valence-corrected chi connectivity index (χ1v) is 53.7. The number of aromatic hydroxyl groups is 2. The van der Waals surface area contributed by atoms with Crippen LogP contribution in [0.15, 0.2) is 121 Å². The highest BCUT2D eigenvalue weighted by Crippen LogP contribution is 2.53. The lowest BCUT2D eigenvalue weighted by Crippen LogP contribution is -2.62. The van der Waals surface area contributed by atoms with E-state index in [9.17, 15) is 10.2 Å². The summed E-state index contributed by atoms with van der Waals surface area (Å²) in [5.74, 6) is -0.0560. The highest BCUT2D eigenvalue weighted by atomic mass is 28.3. The zero-order valence-corrected chi connectivity index (χ0v) is 80.9. The van der Waals surface area contributed by atoms with Crippen molar-refractivity contribution in [2.75, 3.05) is 13.2 Å². The van der Waals surface area contributed by atoms with Crippen molar-refractivity contribution in [2.45, 2.75) is 320 Å². The van der Waals surface area contributed by atoms with Crippen LogP contribution in [0.5, 0.6) is 23.0 Å². The van der Waals surface area contributed by atoms with E-state index in [0.717, 1.165) is 135 Å². The van der Waals surface area contributed by atoms with Crippen LogP contribution < -0.4 is 30.2 Å². The summed E-state index contributed by atoms with van der Waals surface area (Å²) in [5.41, 5.74) is 8.68. The van der Waals surface area contributed by atoms with Crippen molar-refractivity contribution in [3.8, 4) is 56.6 Å². The molecule has 0 saturated carbocycles. The number of ether oxygens (including phenoxy) is 2. The lowest BCUT2D eigenvalue weighted by atomic mass is 9.71. The van der Waals surface area contributed by atoms with Gasteiger partial charge in [-0.3, -0.25) is 0 Å². The second-order valence-corrected chi connectivity index (χ2v) is 59.8. The number of halogens is 2. The molecule has 0 saturated heterocycles. The molecule has 8 aromatic carbocycles. The molecule has 8 radical (unpaired) electrons. The Balaban J connectivity index is 1.13. The molecule has 0 fully saturated rings. The molecule has 10 rings (SSSR count). The Labute approximate surface area is 714 Å². The molecule has 2 N–H and O–H groups in total. The van der Waals surface area contributed by atoms with Gasteiger partial charge >= 0.3 is 0 Å². The average molecular weight is 1640 g/mol. The predicted octanol–water partition coefficient (Wildman–Crippen LogP) is 26.5. The smallest absolute Gasteiger partial charge is 0.147 e. The van der Waals surface area contributed by atoms with Gasteiger partial charge in [-0.2, -0.15) is 0 Å². The van der Waals surface area contributed by atoms with Gasteiger partial charge in [0.15, 0.2) is 0 Å². The molecular formula is C101H140B4F2N2O4Si4. The second-order valence-electron chi connectivity index (χ2n) is 42.3. The number of aromatic nitrogens is 2. The van der Waals surface area contributed by atoms with Crippen LogP contribution in [-0.4, -0.2) is 94.1 Å². The van der Waals surface area contributed by atoms with Gasteiger partial charge in [0, 0.05) is 66.0 Å². The van der Waals surface area contributed by atoms with Crippen LogP contribution in [0.4, 0.5) is 8.78 Å². The minimum atomic E-state index is -3.12. The van der Waals surface area contributed by atoms with E-state index < -0.39 is 54.2 Å². The fourth-order valence-corrected chi connectivity index (χ4v) is 35.7. The largest absolute Gasteiger partial charge is 0.505 e. The third-order valence-electron chi connectivity index (χ3n) is 26.3. The molecule has 0 bridgehead atoms. The highest BCUT2D eigenvalue weighted by Gasteiger charge is 2.50. The van der Waals surface area contributed by atoms with Gasteiger partial charge in [0.2, 0.25) is 0 Å². The maximum Gasteiger partial charge on any atom is 0.147 e. The summed E-state index contributed by atoms with van der Waals surface area (Å²) >= 11 is 0. The molecule has 0 amide bonds. The van der Waals surface area contributed by atoms with Gasteiger partial charge in [0.25, 0.3) is 0 Å². The molecule has 0 aliphatic carbocycles. The van der Waals surface area contributed by atoms with Gasteiger partial charge in [0.05, 0.1) is 92.4 Å². The molecule has 0 spiro atoms. The fourth-order valence-electron chi connectivity index (χ4n) is 20.2. The summed E-state index contributed by atoms with van der Waals surface area (Å²) in [5, 5.41) is 35.6. The monoisotopic (exact) mass is 1640 g/mol. The Morgan fingerprint density at radius 2 is 0.692 bits per heavy atom. The van der Waals surface area contributed by atoms with Crippen molar-refractivity contribution in [1.82, 2.24) is 9.13 Å². The van der Waals surface area contributed by atoms with Gasteiger partial charge in [-0.1, -0.05) is 335 Å². The summed E-state index contributed by atoms with van der Waals surface area (Å²) in [7, 11) is 20.0. The number of rotatable bonds is 33. The van der Waals surface area contributed by atoms with E-state index in [1.54, 1.807) is 0 Å². The minimum absolute atomic E-state index is 0.00184. The summed E-state index contributed by atoms with van der Waals surface area (Å²) in [6.45, 7) is 58.1. The van der Waals surface area contributed by atoms with Crippen LogP contribution in [0.25, 0.3) is 77.2 Å². The van der Waals surface area contributed by atoms with Crippen molar-refractivity contribution in [2.24, 2.45) is 10.8 Å². The molecule has 0 unspecified atom stereocenters. The Bertz CT molecular complexity index is 5190. The second kappa shape index (κ2) is 35.2. The van der Waals surface area contributed by atoms with Gasteiger partial charge in [0.1, 0.15) is 34.6 Å². The van der Waals surface area contributed by atoms with Gasteiger partial charge in [-0.25, -0.2) is 8.78 Å². The number of aryl methyl sites for hydroxylation is 2. The molecule has 10 aromatic rings. The number of benzene rings is 8. The maximum atomic E-state index is 16.8. The highest BCUT2D eigenvalue weighted by molar-refractivity contribution is 7.48. The normalized spacial score (nSPS) is 13.5. The van der Waals surface area contributed by atoms with Gasteiger partial charge < -0.3 is 28.8 Å². The summed E-state index contributed by atoms with van der Waals surface area (Å²) in [4.78, 5) is 0. The van der Waals surface area contributed by atoms with Crippen LogP contribution in [0.3, 0.4) is 0 Å². The number of hydrogen-bond donors (Lipinski definition) is 2. The van der Waals surface area contributed by atoms with Crippen molar-refractivity contribution < 1.29 is 28.5 Å². The number of hydrogen-bond acceptors (Lipinski definition) is 4. The Kier molecular flexibility index (Phi) is 27.9. The Morgan fingerprint density at radius 1 is 0.368 bits per heavy atom. The standard InChI is InChI=1S/C101H140B4F2N2O4Si4/c1-27-32-48-114(49-33-28-2,50-34-29-3)73-38-42-77-80-45-41-76(117(104,105)99(20,21)22)64-88(80)108(85(77)61-73)89-57-69(100(23,24)65-95(8,9)10)55-81(91(89)110)83-59-71(106)53-67(6)93(83)112-46-37-47-113-94-68(7)54-72(107)60-84(94)82-56-70(101(25,26)66-96(11,12)13)58-90(92(82)111)109-86-62-74(115(102,51-35-30-4)52-36-31-5)39-43-78(86)79-44-40-75(63-87(79)109)116(103,97(14,15)16)98(17,18)19/h38-45,53-64,110-111H,27-37,46-52,65-66H2,1-26H3. The SMILES string of the molecule is [B][Si](CCCC)(CCCC)c1ccc2c3ccc([Si]([B])(C(C)(C)C)C(C)(C)C)cc3n(-c3cc(C(C)(C)CC(C)(C)C)cc(-c4cc(F)cc(C)c4OCCCOc4c(C)cc(F)cc4-c4cc(C(C)(C)CC(C)(C)C)cc(-n5c6cc([Si](CCCC)(CCCC)CCCC)ccc6c6ccc([Si]([B])([B])C(C)(C)C)cc65)c4O)c3O)c2c1. The molecule has 0 atom stereocenters. The van der Waals surface area contributed by atoms with E-state index in [1.807, 2.05) is 13.8 Å². The molecular weight excluding hydrogens is 1500 g/mol. The molecule has 6 nitrogen and oxygen atoms in total. The average Bonchev–Trinajstić information content (AvgIpc) is 1.62. The third kappa shape index (κ3) is 19.1. The Hall–Kier alpha value is -6.45. The minimum Gasteiger partial charge on any atom is -0.505 e. The molecule has 0 aliphatic heterocycles. The van der Waals surface area contributed by atoms with Crippen LogP contribution in [0.2, 0.25) is 45.3 Å². The first-order chi connectivity index (χ1) is 54.4. The molecule has 2 aromatic heterocycles. The zero-order valence-electron chi connectivity index (χ0n) is 76.9. The first-order valence-electron chi connectivity index (χ1n) is 44.3. The van der Waals surface area contributed by atoms with Crippen LogP contribution in [0, 0.1) is 36.3 Å². The fraction of sp³-hybridized carbons (Fsp3) is 0.525. The summed E-state index contributed by atoms with van der Waals surface area (Å²) in [6.07, 6.45) is 13.1. The molecule has 620 valence electrons. The van der Waals surface area contributed by atoms with E-state index in [-0.39, 0.29) is 50.7 Å².